The Labute approximate surface area is 316 Å². The summed E-state index contributed by atoms with van der Waals surface area (Å²) in [6, 6.07) is 1.73. The first-order valence-corrected chi connectivity index (χ1v) is 18.7. The summed E-state index contributed by atoms with van der Waals surface area (Å²) in [5.74, 6) is -2.09. The molecule has 298 valence electrons. The number of nitrogens with one attached hydrogen (secondary N) is 1. The number of aliphatic hydroxyl groups excluding tert-OH is 1. The molecular formula is C40H56N2O12. The summed E-state index contributed by atoms with van der Waals surface area (Å²) in [7, 11) is 1.47. The second kappa shape index (κ2) is 13.9. The predicted molar refractivity (Wildman–Crippen MR) is 193 cm³/mol. The Balaban J connectivity index is 1.41. The van der Waals surface area contributed by atoms with Crippen LogP contribution in [0.25, 0.3) is 0 Å². The van der Waals surface area contributed by atoms with E-state index in [1.165, 1.54) is 26.3 Å². The van der Waals surface area contributed by atoms with Gasteiger partial charge in [0.15, 0.2) is 18.0 Å². The first-order chi connectivity index (χ1) is 25.1. The largest absolute Gasteiger partial charge is 0.495 e. The molecule has 14 heteroatoms. The molecule has 2 saturated carbocycles. The van der Waals surface area contributed by atoms with E-state index in [0.29, 0.717) is 24.2 Å². The summed E-state index contributed by atoms with van der Waals surface area (Å²) < 4.78 is 42.4. The molecule has 6 rings (SSSR count). The summed E-state index contributed by atoms with van der Waals surface area (Å²) in [6.07, 6.45) is -2.02. The van der Waals surface area contributed by atoms with E-state index in [0.717, 1.165) is 5.57 Å². The van der Waals surface area contributed by atoms with E-state index in [-0.39, 0.29) is 24.8 Å². The number of hydrogen-bond donors (Lipinski definition) is 3. The molecule has 1 aromatic heterocycles. The number of alkyl carbamates (subject to hydrolysis) is 1. The highest BCUT2D eigenvalue weighted by molar-refractivity contribution is 5.78. The zero-order valence-electron chi connectivity index (χ0n) is 33.0. The Bertz CT molecular complexity index is 1690. The molecule has 4 fully saturated rings. The number of fused-ring (bicyclic) bond motifs is 8. The van der Waals surface area contributed by atoms with Gasteiger partial charge >= 0.3 is 18.0 Å². The molecule has 12 atom stereocenters. The number of hydrogen-bond acceptors (Lipinski definition) is 13. The van der Waals surface area contributed by atoms with Crippen molar-refractivity contribution < 1.29 is 57.8 Å². The fourth-order valence-corrected chi connectivity index (χ4v) is 10.3. The first kappa shape index (κ1) is 40.1. The Kier molecular flexibility index (Phi) is 10.3. The second-order valence-corrected chi connectivity index (χ2v) is 17.3. The number of pyridine rings is 1. The van der Waals surface area contributed by atoms with Crippen molar-refractivity contribution in [1.29, 1.82) is 0 Å². The molecule has 2 aliphatic heterocycles. The van der Waals surface area contributed by atoms with Crippen LogP contribution in [0, 0.1) is 22.7 Å². The van der Waals surface area contributed by atoms with Crippen LogP contribution in [-0.4, -0.2) is 101 Å². The molecule has 1 aromatic rings. The highest BCUT2D eigenvalue weighted by Crippen LogP contribution is 2.67. The Morgan fingerprint density at radius 1 is 1.17 bits per heavy atom. The van der Waals surface area contributed by atoms with Crippen LogP contribution in [0.15, 0.2) is 42.1 Å². The number of ether oxygens (including phenoxy) is 7. The molecular weight excluding hydrogens is 700 g/mol. The number of amides is 1. The van der Waals surface area contributed by atoms with Crippen LogP contribution in [0.4, 0.5) is 4.79 Å². The first-order valence-electron chi connectivity index (χ1n) is 18.7. The Morgan fingerprint density at radius 3 is 2.43 bits per heavy atom. The average molecular weight is 757 g/mol. The van der Waals surface area contributed by atoms with Crippen molar-refractivity contribution in [2.45, 2.75) is 141 Å². The van der Waals surface area contributed by atoms with Gasteiger partial charge in [-0.25, -0.2) is 9.59 Å². The van der Waals surface area contributed by atoms with Crippen molar-refractivity contribution in [3.63, 3.8) is 0 Å². The lowest BCUT2D eigenvalue weighted by molar-refractivity contribution is -0.337. The number of rotatable bonds is 8. The molecule has 3 heterocycles. The van der Waals surface area contributed by atoms with Gasteiger partial charge in [0, 0.05) is 30.1 Å². The van der Waals surface area contributed by atoms with Crippen molar-refractivity contribution in [1.82, 2.24) is 10.3 Å². The minimum Gasteiger partial charge on any atom is -0.495 e. The number of carbonyl (C=O) groups is 3. The molecule has 54 heavy (non-hydrogen) atoms. The SMILES string of the molecule is C=C[C@@H]1O[C@@H]2C3=C(C)[C@@H](OC(=O)[C@H](O)[C@@H](NC(=O)OC(C)(C)C)c4ccc(OC)cn4)C[C@@](O)([C@@H](C)[C@H]4[C@@](C)(CC[C@H]5OC[C@]54OC(C)=O)[C@@H]2O1)C3(C)C. The normalized spacial score (nSPS) is 37.7. The molecule has 0 unspecified atom stereocenters. The third-order valence-electron chi connectivity index (χ3n) is 12.7. The summed E-state index contributed by atoms with van der Waals surface area (Å²) in [6.45, 7) is 20.4. The molecule has 3 aliphatic carbocycles. The summed E-state index contributed by atoms with van der Waals surface area (Å²) in [5, 5.41) is 27.5. The van der Waals surface area contributed by atoms with Crippen molar-refractivity contribution >= 4 is 18.0 Å². The van der Waals surface area contributed by atoms with Crippen LogP contribution in [0.5, 0.6) is 5.75 Å². The van der Waals surface area contributed by atoms with E-state index < -0.39 is 94.2 Å². The molecule has 3 N–H and O–H groups in total. The van der Waals surface area contributed by atoms with E-state index >= 15 is 0 Å². The highest BCUT2D eigenvalue weighted by Gasteiger charge is 2.75. The molecule has 14 nitrogen and oxygen atoms in total. The molecule has 0 spiro atoms. The zero-order chi connectivity index (χ0) is 39.8. The van der Waals surface area contributed by atoms with Crippen molar-refractivity contribution in [3.05, 3.63) is 47.8 Å². The Morgan fingerprint density at radius 2 is 1.87 bits per heavy atom. The molecule has 2 bridgehead atoms. The Hall–Kier alpha value is -3.56. The molecule has 1 amide bonds. The number of aliphatic hydroxyl groups is 2. The zero-order valence-corrected chi connectivity index (χ0v) is 33.0. The van der Waals surface area contributed by atoms with E-state index in [1.807, 2.05) is 27.7 Å². The summed E-state index contributed by atoms with van der Waals surface area (Å²) >= 11 is 0. The number of methoxy groups -OCH3 is 1. The second-order valence-electron chi connectivity index (χ2n) is 17.3. The monoisotopic (exact) mass is 756 g/mol. The summed E-state index contributed by atoms with van der Waals surface area (Å²) in [4.78, 5) is 44.1. The van der Waals surface area contributed by atoms with Gasteiger partial charge in [-0.15, -0.1) is 0 Å². The molecule has 0 aromatic carbocycles. The van der Waals surface area contributed by atoms with Gasteiger partial charge in [-0.2, -0.15) is 0 Å². The fourth-order valence-electron chi connectivity index (χ4n) is 10.3. The summed E-state index contributed by atoms with van der Waals surface area (Å²) in [5.41, 5.74) is -3.57. The van der Waals surface area contributed by atoms with Crippen LogP contribution >= 0.6 is 0 Å². The third kappa shape index (κ3) is 6.41. The van der Waals surface area contributed by atoms with Crippen molar-refractivity contribution in [3.8, 4) is 5.75 Å². The van der Waals surface area contributed by atoms with Crippen LogP contribution < -0.4 is 10.1 Å². The lowest BCUT2D eigenvalue weighted by Crippen LogP contribution is -2.77. The molecule has 2 saturated heterocycles. The number of aromatic nitrogens is 1. The lowest BCUT2D eigenvalue weighted by Gasteiger charge is -2.68. The maximum Gasteiger partial charge on any atom is 0.408 e. The van der Waals surface area contributed by atoms with Gasteiger partial charge < -0.3 is 48.7 Å². The fraction of sp³-hybridized carbons (Fsp3) is 0.700. The van der Waals surface area contributed by atoms with Gasteiger partial charge in [0.25, 0.3) is 0 Å². The van der Waals surface area contributed by atoms with E-state index in [4.69, 9.17) is 33.2 Å². The van der Waals surface area contributed by atoms with Crippen LogP contribution in [0.3, 0.4) is 0 Å². The molecule has 5 aliphatic rings. The van der Waals surface area contributed by atoms with Crippen LogP contribution in [0.2, 0.25) is 0 Å². The van der Waals surface area contributed by atoms with Gasteiger partial charge in [-0.05, 0) is 75.8 Å². The maximum absolute atomic E-state index is 14.1. The topological polar surface area (TPSA) is 181 Å². The third-order valence-corrected chi connectivity index (χ3v) is 12.7. The van der Waals surface area contributed by atoms with Gasteiger partial charge in [-0.1, -0.05) is 34.3 Å². The van der Waals surface area contributed by atoms with Crippen molar-refractivity contribution in [2.24, 2.45) is 22.7 Å². The average Bonchev–Trinajstić information content (AvgIpc) is 3.51. The van der Waals surface area contributed by atoms with E-state index in [1.54, 1.807) is 32.9 Å². The highest BCUT2D eigenvalue weighted by atomic mass is 16.7. The molecule has 0 radical (unpaired) electrons. The van der Waals surface area contributed by atoms with Crippen LogP contribution in [-0.2, 0) is 38.0 Å². The number of nitrogens with zero attached hydrogens (tertiary/aromatic N) is 1. The quantitative estimate of drug-likeness (QED) is 0.192. The van der Waals surface area contributed by atoms with E-state index in [9.17, 15) is 24.6 Å². The standard InChI is InChI=1S/C40H56N2O12/c1-12-27-51-31-28-20(2)25(50-34(45)30(44)29(42-35(46)54-36(5,6)7)24-14-13-23(48-11)18-41-24)17-40(47,37(28,8)9)21(3)32-38(10,33(31)52-27)16-15-26-39(32,19-49-26)53-22(4)43/h12-14,18,21,25-27,29-33,44,47H,1,15-17,19H2,2-11H3,(H,42,46)/t21-,25-,26+,27+,29-,30+,31+,32-,33+,38+,39-,40+/m0/s1. The number of carbonyl (C=O) groups excluding carboxylic acids is 3. The predicted octanol–water partition coefficient (Wildman–Crippen LogP) is 4.47. The van der Waals surface area contributed by atoms with E-state index in [2.05, 4.69) is 23.8 Å². The van der Waals surface area contributed by atoms with Gasteiger partial charge in [-0.3, -0.25) is 9.78 Å². The lowest BCUT2D eigenvalue weighted by atomic mass is 9.43. The minimum absolute atomic E-state index is 0.0444. The van der Waals surface area contributed by atoms with Crippen molar-refractivity contribution in [2.75, 3.05) is 13.7 Å². The van der Waals surface area contributed by atoms with Gasteiger partial charge in [0.2, 0.25) is 0 Å². The van der Waals surface area contributed by atoms with Crippen LogP contribution in [0.1, 0.15) is 93.3 Å². The maximum atomic E-state index is 14.1. The van der Waals surface area contributed by atoms with Gasteiger partial charge in [0.05, 0.1) is 37.3 Å². The smallest absolute Gasteiger partial charge is 0.408 e. The number of esters is 2. The van der Waals surface area contributed by atoms with Gasteiger partial charge in [0.1, 0.15) is 35.7 Å². The minimum atomic E-state index is -1.94.